The first-order valence-electron chi connectivity index (χ1n) is 8.02. The number of rotatable bonds is 12. The van der Waals surface area contributed by atoms with Crippen molar-refractivity contribution in [3.05, 3.63) is 24.3 Å². The number of hydrogen-bond donors (Lipinski definition) is 1. The number of unbranched alkanes of at least 4 members (excludes halogenated alkanes) is 2. The monoisotopic (exact) mass is 311 g/mol. The molecule has 0 bridgehead atoms. The van der Waals surface area contributed by atoms with Crippen LogP contribution < -0.4 is 5.73 Å². The molecule has 22 heavy (non-hydrogen) atoms. The highest BCUT2D eigenvalue weighted by molar-refractivity contribution is 5.82. The van der Waals surface area contributed by atoms with E-state index in [1.165, 1.54) is 12.2 Å². The Hall–Kier alpha value is -1.62. The van der Waals surface area contributed by atoms with Crippen LogP contribution in [0.3, 0.4) is 0 Å². The Kier molecular flexibility index (Phi) is 13.3. The fourth-order valence-corrected chi connectivity index (χ4v) is 1.88. The van der Waals surface area contributed by atoms with E-state index in [0.717, 1.165) is 38.5 Å². The first kappa shape index (κ1) is 20.4. The molecule has 0 aliphatic carbocycles. The molecule has 5 nitrogen and oxygen atoms in total. The van der Waals surface area contributed by atoms with Crippen molar-refractivity contribution < 1.29 is 19.1 Å². The molecule has 126 valence electrons. The summed E-state index contributed by atoms with van der Waals surface area (Å²) >= 11 is 0. The smallest absolute Gasteiger partial charge is 0.330 e. The van der Waals surface area contributed by atoms with Gasteiger partial charge in [-0.25, -0.2) is 9.59 Å². The van der Waals surface area contributed by atoms with Crippen LogP contribution in [0.4, 0.5) is 0 Å². The lowest BCUT2D eigenvalue weighted by Gasteiger charge is -2.09. The Balaban J connectivity index is 3.56. The molecule has 0 radical (unpaired) electrons. The van der Waals surface area contributed by atoms with Gasteiger partial charge in [0.05, 0.1) is 13.2 Å². The fraction of sp³-hybridized carbons (Fsp3) is 0.647. The SMILES string of the molecule is CCOC(=O)/C=C/CCCC(N)CCC/C=C/C(=O)OCC. The second kappa shape index (κ2) is 14.3. The van der Waals surface area contributed by atoms with E-state index in [4.69, 9.17) is 15.2 Å². The molecule has 0 aliphatic heterocycles. The van der Waals surface area contributed by atoms with Gasteiger partial charge in [0.15, 0.2) is 0 Å². The van der Waals surface area contributed by atoms with Gasteiger partial charge in [-0.1, -0.05) is 12.2 Å². The second-order valence-corrected chi connectivity index (χ2v) is 4.93. The van der Waals surface area contributed by atoms with Crippen LogP contribution in [-0.2, 0) is 19.1 Å². The van der Waals surface area contributed by atoms with E-state index in [9.17, 15) is 9.59 Å². The zero-order chi connectivity index (χ0) is 16.6. The summed E-state index contributed by atoms with van der Waals surface area (Å²) in [6.45, 7) is 4.37. The standard InChI is InChI=1S/C17H29NO4/c1-3-21-16(19)13-9-5-7-11-15(18)12-8-6-10-14-17(20)22-4-2/h9-10,13-15H,3-8,11-12,18H2,1-2H3/b13-9+,14-10+. The van der Waals surface area contributed by atoms with Gasteiger partial charge in [-0.15, -0.1) is 0 Å². The van der Waals surface area contributed by atoms with Gasteiger partial charge < -0.3 is 15.2 Å². The van der Waals surface area contributed by atoms with Gasteiger partial charge in [0.2, 0.25) is 0 Å². The minimum absolute atomic E-state index is 0.159. The fourth-order valence-electron chi connectivity index (χ4n) is 1.88. The largest absolute Gasteiger partial charge is 0.463 e. The minimum Gasteiger partial charge on any atom is -0.463 e. The Morgan fingerprint density at radius 2 is 1.32 bits per heavy atom. The minimum atomic E-state index is -0.291. The molecule has 0 aromatic rings. The topological polar surface area (TPSA) is 78.6 Å². The van der Waals surface area contributed by atoms with Crippen molar-refractivity contribution in [2.45, 2.75) is 58.4 Å². The zero-order valence-corrected chi connectivity index (χ0v) is 13.8. The van der Waals surface area contributed by atoms with Gasteiger partial charge in [0.1, 0.15) is 0 Å². The number of ether oxygens (including phenoxy) is 2. The molecule has 0 aliphatic rings. The maximum absolute atomic E-state index is 11.1. The van der Waals surface area contributed by atoms with Crippen molar-refractivity contribution in [3.63, 3.8) is 0 Å². The number of nitrogens with two attached hydrogens (primary N) is 1. The van der Waals surface area contributed by atoms with Gasteiger partial charge in [0.25, 0.3) is 0 Å². The third-order valence-electron chi connectivity index (χ3n) is 2.97. The van der Waals surface area contributed by atoms with E-state index in [1.807, 2.05) is 12.2 Å². The van der Waals surface area contributed by atoms with E-state index in [2.05, 4.69) is 0 Å². The first-order chi connectivity index (χ1) is 10.6. The maximum atomic E-state index is 11.1. The summed E-state index contributed by atoms with van der Waals surface area (Å²) in [5.74, 6) is -0.583. The van der Waals surface area contributed by atoms with Crippen LogP contribution in [0.1, 0.15) is 52.4 Å². The van der Waals surface area contributed by atoms with Crippen LogP contribution in [0.15, 0.2) is 24.3 Å². The highest BCUT2D eigenvalue weighted by atomic mass is 16.5. The van der Waals surface area contributed by atoms with Gasteiger partial charge in [-0.05, 0) is 52.4 Å². The Labute approximate surface area is 133 Å². The van der Waals surface area contributed by atoms with E-state index < -0.39 is 0 Å². The normalized spacial score (nSPS) is 11.5. The number of esters is 2. The van der Waals surface area contributed by atoms with Crippen molar-refractivity contribution >= 4 is 11.9 Å². The molecule has 0 rings (SSSR count). The number of hydrogen-bond acceptors (Lipinski definition) is 5. The summed E-state index contributed by atoms with van der Waals surface area (Å²) in [7, 11) is 0. The Bertz CT molecular complexity index is 330. The quantitative estimate of drug-likeness (QED) is 0.340. The van der Waals surface area contributed by atoms with Gasteiger partial charge >= 0.3 is 11.9 Å². The highest BCUT2D eigenvalue weighted by Crippen LogP contribution is 2.07. The van der Waals surface area contributed by atoms with Crippen LogP contribution in [0, 0.1) is 0 Å². The molecule has 0 atom stereocenters. The van der Waals surface area contributed by atoms with E-state index in [1.54, 1.807) is 13.8 Å². The Morgan fingerprint density at radius 1 is 0.909 bits per heavy atom. The molecule has 0 amide bonds. The summed E-state index contributed by atoms with van der Waals surface area (Å²) in [4.78, 5) is 22.1. The summed E-state index contributed by atoms with van der Waals surface area (Å²) in [5, 5.41) is 0. The third kappa shape index (κ3) is 13.4. The average Bonchev–Trinajstić information content (AvgIpc) is 2.47. The molecule has 5 heteroatoms. The highest BCUT2D eigenvalue weighted by Gasteiger charge is 2.01. The number of carbonyl (C=O) groups is 2. The predicted octanol–water partition coefficient (Wildman–Crippen LogP) is 2.89. The molecule has 2 N–H and O–H groups in total. The van der Waals surface area contributed by atoms with Crippen LogP contribution in [0.5, 0.6) is 0 Å². The lowest BCUT2D eigenvalue weighted by molar-refractivity contribution is -0.138. The van der Waals surface area contributed by atoms with Crippen molar-refractivity contribution in [1.29, 1.82) is 0 Å². The van der Waals surface area contributed by atoms with Crippen LogP contribution in [0.2, 0.25) is 0 Å². The van der Waals surface area contributed by atoms with Crippen LogP contribution in [0.25, 0.3) is 0 Å². The molecule has 0 saturated carbocycles. The molecule has 0 heterocycles. The lowest BCUT2D eigenvalue weighted by atomic mass is 10.0. The molecule has 0 aromatic heterocycles. The van der Waals surface area contributed by atoms with Crippen molar-refractivity contribution in [2.75, 3.05) is 13.2 Å². The number of allylic oxidation sites excluding steroid dienone is 2. The van der Waals surface area contributed by atoms with Gasteiger partial charge in [-0.2, -0.15) is 0 Å². The van der Waals surface area contributed by atoms with E-state index >= 15 is 0 Å². The molecule has 0 aromatic carbocycles. The maximum Gasteiger partial charge on any atom is 0.330 e. The molecule has 0 fully saturated rings. The summed E-state index contributed by atoms with van der Waals surface area (Å²) in [6, 6.07) is 0.159. The summed E-state index contributed by atoms with van der Waals surface area (Å²) < 4.78 is 9.58. The van der Waals surface area contributed by atoms with Crippen molar-refractivity contribution in [1.82, 2.24) is 0 Å². The predicted molar refractivity (Wildman–Crippen MR) is 87.2 cm³/mol. The van der Waals surface area contributed by atoms with Crippen molar-refractivity contribution in [3.8, 4) is 0 Å². The molecule has 0 saturated heterocycles. The molecular formula is C17H29NO4. The molecule has 0 unspecified atom stereocenters. The van der Waals surface area contributed by atoms with Crippen LogP contribution >= 0.6 is 0 Å². The average molecular weight is 311 g/mol. The lowest BCUT2D eigenvalue weighted by Crippen LogP contribution is -2.19. The summed E-state index contributed by atoms with van der Waals surface area (Å²) in [5.41, 5.74) is 6.02. The first-order valence-corrected chi connectivity index (χ1v) is 8.02. The third-order valence-corrected chi connectivity index (χ3v) is 2.97. The van der Waals surface area contributed by atoms with Crippen molar-refractivity contribution in [2.24, 2.45) is 5.73 Å². The van der Waals surface area contributed by atoms with E-state index in [0.29, 0.717) is 13.2 Å². The van der Waals surface area contributed by atoms with Gasteiger partial charge in [0, 0.05) is 18.2 Å². The molecular weight excluding hydrogens is 282 g/mol. The summed E-state index contributed by atoms with van der Waals surface area (Å²) in [6.07, 6.45) is 12.0. The van der Waals surface area contributed by atoms with Crippen LogP contribution in [-0.4, -0.2) is 31.2 Å². The zero-order valence-electron chi connectivity index (χ0n) is 13.8. The number of carbonyl (C=O) groups excluding carboxylic acids is 2. The molecule has 0 spiro atoms. The second-order valence-electron chi connectivity index (χ2n) is 4.93. The Morgan fingerprint density at radius 3 is 1.68 bits per heavy atom. The van der Waals surface area contributed by atoms with E-state index in [-0.39, 0.29) is 18.0 Å². The van der Waals surface area contributed by atoms with Gasteiger partial charge in [-0.3, -0.25) is 0 Å².